The van der Waals surface area contributed by atoms with E-state index in [1.165, 1.54) is 23.5 Å². The Balaban J connectivity index is 1.97. The zero-order valence-electron chi connectivity index (χ0n) is 16.3. The molecule has 7 nitrogen and oxygen atoms in total. The van der Waals surface area contributed by atoms with Crippen LogP contribution in [0.5, 0.6) is 0 Å². The SMILES string of the molecule is Cc1ccc2sc(N(CCCN(C)C)C(=O)c3ccc([N+](=O)[O-])s3)nc2c1C. The van der Waals surface area contributed by atoms with Crippen LogP contribution in [0, 0.1) is 24.0 Å². The lowest BCUT2D eigenvalue weighted by Crippen LogP contribution is -2.33. The summed E-state index contributed by atoms with van der Waals surface area (Å²) >= 11 is 2.37. The fraction of sp³-hybridized carbons (Fsp3) is 0.368. The summed E-state index contributed by atoms with van der Waals surface area (Å²) in [6.07, 6.45) is 0.778. The minimum Gasteiger partial charge on any atom is -0.309 e. The monoisotopic (exact) mass is 418 g/mol. The Labute approximate surface area is 171 Å². The third-order valence-electron chi connectivity index (χ3n) is 4.52. The van der Waals surface area contributed by atoms with Gasteiger partial charge in [-0.2, -0.15) is 0 Å². The Morgan fingerprint density at radius 2 is 1.89 bits per heavy atom. The zero-order valence-corrected chi connectivity index (χ0v) is 17.9. The van der Waals surface area contributed by atoms with Crippen molar-refractivity contribution in [1.82, 2.24) is 9.88 Å². The Kier molecular flexibility index (Phi) is 6.07. The summed E-state index contributed by atoms with van der Waals surface area (Å²) in [6.45, 7) is 5.40. The van der Waals surface area contributed by atoms with Crippen molar-refractivity contribution in [3.8, 4) is 0 Å². The average molecular weight is 419 g/mol. The van der Waals surface area contributed by atoms with Gasteiger partial charge >= 0.3 is 5.00 Å². The molecule has 0 aliphatic carbocycles. The first-order valence-corrected chi connectivity index (χ1v) is 10.5. The lowest BCUT2D eigenvalue weighted by molar-refractivity contribution is -0.380. The average Bonchev–Trinajstić information content (AvgIpc) is 3.28. The quantitative estimate of drug-likeness (QED) is 0.417. The Bertz CT molecular complexity index is 1030. The molecule has 9 heteroatoms. The first-order valence-electron chi connectivity index (χ1n) is 8.85. The number of aryl methyl sites for hydroxylation is 2. The predicted octanol–water partition coefficient (Wildman–Crippen LogP) is 4.48. The van der Waals surface area contributed by atoms with Crippen LogP contribution in [0.1, 0.15) is 27.2 Å². The van der Waals surface area contributed by atoms with Crippen LogP contribution in [0.15, 0.2) is 24.3 Å². The van der Waals surface area contributed by atoms with E-state index in [2.05, 4.69) is 11.0 Å². The van der Waals surface area contributed by atoms with Crippen molar-refractivity contribution in [2.24, 2.45) is 0 Å². The minimum absolute atomic E-state index is 0.0349. The molecule has 0 bridgehead atoms. The van der Waals surface area contributed by atoms with Crippen LogP contribution in [0.3, 0.4) is 0 Å². The summed E-state index contributed by atoms with van der Waals surface area (Å²) in [5.74, 6) is -0.245. The molecular weight excluding hydrogens is 396 g/mol. The van der Waals surface area contributed by atoms with Gasteiger partial charge in [-0.3, -0.25) is 19.8 Å². The molecule has 3 aromatic rings. The lowest BCUT2D eigenvalue weighted by atomic mass is 10.1. The van der Waals surface area contributed by atoms with E-state index in [-0.39, 0.29) is 10.9 Å². The fourth-order valence-electron chi connectivity index (χ4n) is 2.83. The topological polar surface area (TPSA) is 79.6 Å². The molecule has 3 rings (SSSR count). The number of rotatable bonds is 7. The fourth-order valence-corrected chi connectivity index (χ4v) is 4.65. The number of carbonyl (C=O) groups is 1. The molecule has 28 heavy (non-hydrogen) atoms. The number of carbonyl (C=O) groups excluding carboxylic acids is 1. The van der Waals surface area contributed by atoms with E-state index in [1.807, 2.05) is 34.0 Å². The number of nitrogens with zero attached hydrogens (tertiary/aromatic N) is 4. The molecule has 2 aromatic heterocycles. The predicted molar refractivity (Wildman–Crippen MR) is 115 cm³/mol. The highest BCUT2D eigenvalue weighted by Gasteiger charge is 2.25. The van der Waals surface area contributed by atoms with Crippen LogP contribution >= 0.6 is 22.7 Å². The summed E-state index contributed by atoms with van der Waals surface area (Å²) < 4.78 is 1.03. The summed E-state index contributed by atoms with van der Waals surface area (Å²) in [5.41, 5.74) is 3.17. The number of nitro groups is 1. The largest absolute Gasteiger partial charge is 0.324 e. The van der Waals surface area contributed by atoms with Gasteiger partial charge in [0.1, 0.15) is 0 Å². The summed E-state index contributed by atoms with van der Waals surface area (Å²) in [4.78, 5) is 32.5. The van der Waals surface area contributed by atoms with Crippen molar-refractivity contribution in [2.45, 2.75) is 20.3 Å². The van der Waals surface area contributed by atoms with Gasteiger partial charge in [0.15, 0.2) is 5.13 Å². The second-order valence-electron chi connectivity index (χ2n) is 6.86. The van der Waals surface area contributed by atoms with Crippen molar-refractivity contribution in [2.75, 3.05) is 32.1 Å². The van der Waals surface area contributed by atoms with E-state index in [9.17, 15) is 14.9 Å². The van der Waals surface area contributed by atoms with E-state index in [4.69, 9.17) is 4.98 Å². The van der Waals surface area contributed by atoms with Crippen LogP contribution in [0.25, 0.3) is 10.2 Å². The summed E-state index contributed by atoms with van der Waals surface area (Å²) in [6, 6.07) is 6.98. The van der Waals surface area contributed by atoms with Gasteiger partial charge in [-0.25, -0.2) is 4.98 Å². The van der Waals surface area contributed by atoms with E-state index < -0.39 is 4.92 Å². The highest BCUT2D eigenvalue weighted by Crippen LogP contribution is 2.34. The first-order chi connectivity index (χ1) is 13.3. The Morgan fingerprint density at radius 1 is 1.14 bits per heavy atom. The van der Waals surface area contributed by atoms with Crippen LogP contribution in [-0.2, 0) is 0 Å². The number of fused-ring (bicyclic) bond motifs is 1. The van der Waals surface area contributed by atoms with Crippen LogP contribution < -0.4 is 4.90 Å². The molecule has 1 aromatic carbocycles. The van der Waals surface area contributed by atoms with Crippen molar-refractivity contribution in [3.05, 3.63) is 50.4 Å². The van der Waals surface area contributed by atoms with Crippen molar-refractivity contribution in [1.29, 1.82) is 0 Å². The standard InChI is InChI=1S/C19H22N4O3S2/c1-12-6-7-14-17(13(12)2)20-19(28-14)22(11-5-10-21(3)4)18(24)15-8-9-16(27-15)23(25)26/h6-9H,5,10-11H2,1-4H3. The molecule has 0 atom stereocenters. The van der Waals surface area contributed by atoms with E-state index >= 15 is 0 Å². The van der Waals surface area contributed by atoms with Gasteiger partial charge < -0.3 is 4.90 Å². The van der Waals surface area contributed by atoms with E-state index in [0.29, 0.717) is 16.6 Å². The Hall–Kier alpha value is -2.36. The normalized spacial score (nSPS) is 11.3. The van der Waals surface area contributed by atoms with Crippen LogP contribution in [0.4, 0.5) is 10.1 Å². The molecule has 0 aliphatic rings. The number of aromatic nitrogens is 1. The lowest BCUT2D eigenvalue weighted by Gasteiger charge is -2.20. The van der Waals surface area contributed by atoms with Gasteiger partial charge in [0, 0.05) is 12.6 Å². The molecule has 0 fully saturated rings. The maximum atomic E-state index is 13.2. The summed E-state index contributed by atoms with van der Waals surface area (Å²) in [5, 5.41) is 11.6. The number of hydrogen-bond acceptors (Lipinski definition) is 7. The Morgan fingerprint density at radius 3 is 2.54 bits per heavy atom. The molecular formula is C19H22N4O3S2. The van der Waals surface area contributed by atoms with Crippen molar-refractivity contribution >= 4 is 48.9 Å². The third-order valence-corrected chi connectivity index (χ3v) is 6.59. The number of hydrogen-bond donors (Lipinski definition) is 0. The second-order valence-corrected chi connectivity index (χ2v) is 8.93. The van der Waals surface area contributed by atoms with Crippen LogP contribution in [-0.4, -0.2) is 47.9 Å². The smallest absolute Gasteiger partial charge is 0.309 e. The number of amides is 1. The minimum atomic E-state index is -0.471. The van der Waals surface area contributed by atoms with Gasteiger partial charge in [-0.15, -0.1) is 0 Å². The number of thiophene rings is 1. The number of thiazole rings is 1. The first kappa shape index (κ1) is 20.4. The molecule has 0 radical (unpaired) electrons. The van der Waals surface area contributed by atoms with Gasteiger partial charge in [0.25, 0.3) is 5.91 Å². The maximum absolute atomic E-state index is 13.2. The number of anilines is 1. The molecule has 0 unspecified atom stereocenters. The van der Waals surface area contributed by atoms with Gasteiger partial charge in [-0.1, -0.05) is 28.7 Å². The van der Waals surface area contributed by atoms with E-state index in [1.54, 1.807) is 4.90 Å². The maximum Gasteiger partial charge on any atom is 0.324 e. The number of benzene rings is 1. The van der Waals surface area contributed by atoms with Crippen molar-refractivity contribution in [3.63, 3.8) is 0 Å². The molecule has 0 aliphatic heterocycles. The second kappa shape index (κ2) is 8.34. The highest BCUT2D eigenvalue weighted by molar-refractivity contribution is 7.22. The zero-order chi connectivity index (χ0) is 20.4. The molecule has 0 saturated carbocycles. The summed E-state index contributed by atoms with van der Waals surface area (Å²) in [7, 11) is 3.97. The molecule has 148 valence electrons. The molecule has 0 spiro atoms. The van der Waals surface area contributed by atoms with Crippen molar-refractivity contribution < 1.29 is 9.72 Å². The highest BCUT2D eigenvalue weighted by atomic mass is 32.1. The van der Waals surface area contributed by atoms with Gasteiger partial charge in [-0.05, 0) is 64.2 Å². The molecule has 0 N–H and O–H groups in total. The molecule has 1 amide bonds. The van der Waals surface area contributed by atoms with E-state index in [0.717, 1.165) is 45.6 Å². The van der Waals surface area contributed by atoms with Gasteiger partial charge in [0.2, 0.25) is 0 Å². The van der Waals surface area contributed by atoms with Crippen LogP contribution in [0.2, 0.25) is 0 Å². The molecule has 2 heterocycles. The third kappa shape index (κ3) is 4.21. The molecule has 0 saturated heterocycles. The van der Waals surface area contributed by atoms with Gasteiger partial charge in [0.05, 0.1) is 20.0 Å².